The summed E-state index contributed by atoms with van der Waals surface area (Å²) in [6.07, 6.45) is 8.28. The molecule has 1 saturated carbocycles. The summed E-state index contributed by atoms with van der Waals surface area (Å²) in [5, 5.41) is 10.7. The molecule has 0 bridgehead atoms. The highest BCUT2D eigenvalue weighted by molar-refractivity contribution is 6.01. The second kappa shape index (κ2) is 8.89. The van der Waals surface area contributed by atoms with Crippen LogP contribution in [0.1, 0.15) is 90.0 Å². The van der Waals surface area contributed by atoms with E-state index in [1.165, 1.54) is 21.6 Å². The van der Waals surface area contributed by atoms with Crippen LogP contribution in [0.2, 0.25) is 0 Å². The molecule has 1 aromatic carbocycles. The molecule has 0 saturated heterocycles. The maximum absolute atomic E-state index is 13.2. The number of aromatic nitrogens is 2. The van der Waals surface area contributed by atoms with Gasteiger partial charge in [0.15, 0.2) is 5.69 Å². The highest BCUT2D eigenvalue weighted by atomic mass is 16.2. The summed E-state index contributed by atoms with van der Waals surface area (Å²) in [4.78, 5) is 41.0. The molecule has 5 rings (SSSR count). The molecule has 0 radical (unpaired) electrons. The molecule has 1 aromatic heterocycles. The van der Waals surface area contributed by atoms with Gasteiger partial charge in [0.05, 0.1) is 12.6 Å². The maximum atomic E-state index is 13.2. The SMILES string of the molecule is CN1C(=O)c2cc(C(=O)NC3CCCc4ccccc43)nn2CC1(C)C(=O)NC1CCCCC1. The van der Waals surface area contributed by atoms with Crippen LogP contribution >= 0.6 is 0 Å². The number of nitrogens with zero attached hydrogens (tertiary/aromatic N) is 3. The Kier molecular flexibility index (Phi) is 5.91. The number of hydrogen-bond acceptors (Lipinski definition) is 4. The molecular weight excluding hydrogens is 430 g/mol. The van der Waals surface area contributed by atoms with E-state index in [0.29, 0.717) is 5.69 Å². The molecule has 8 nitrogen and oxygen atoms in total. The van der Waals surface area contributed by atoms with Crippen LogP contribution in [-0.2, 0) is 17.8 Å². The number of carbonyl (C=O) groups excluding carboxylic acids is 3. The third-order valence-corrected chi connectivity index (χ3v) is 7.84. The molecule has 8 heteroatoms. The maximum Gasteiger partial charge on any atom is 0.272 e. The van der Waals surface area contributed by atoms with Crippen molar-refractivity contribution in [2.45, 2.75) is 82.5 Å². The number of fused-ring (bicyclic) bond motifs is 2. The summed E-state index contributed by atoms with van der Waals surface area (Å²) in [6.45, 7) is 1.98. The molecule has 0 spiro atoms. The topological polar surface area (TPSA) is 96.3 Å². The van der Waals surface area contributed by atoms with Gasteiger partial charge in [0, 0.05) is 19.2 Å². The molecule has 2 heterocycles. The van der Waals surface area contributed by atoms with Crippen molar-refractivity contribution in [2.75, 3.05) is 7.05 Å². The van der Waals surface area contributed by atoms with Crippen molar-refractivity contribution in [1.29, 1.82) is 0 Å². The van der Waals surface area contributed by atoms with Crippen LogP contribution in [0.4, 0.5) is 0 Å². The first kappa shape index (κ1) is 22.6. The zero-order valence-corrected chi connectivity index (χ0v) is 20.0. The fourth-order valence-corrected chi connectivity index (χ4v) is 5.56. The van der Waals surface area contributed by atoms with E-state index in [0.717, 1.165) is 50.5 Å². The second-order valence-electron chi connectivity index (χ2n) is 10.1. The lowest BCUT2D eigenvalue weighted by Crippen LogP contribution is -2.63. The standard InChI is InChI=1S/C26H33N5O3/c1-26(25(34)27-18-11-4-3-5-12-18)16-31-22(24(33)30(26)2)15-21(29-31)23(32)28-20-14-8-10-17-9-6-7-13-19(17)20/h6-7,9,13,15,18,20H,3-5,8,10-12,14,16H2,1-2H3,(H,27,34)(H,28,32). The van der Waals surface area contributed by atoms with Crippen molar-refractivity contribution in [2.24, 2.45) is 0 Å². The van der Waals surface area contributed by atoms with Gasteiger partial charge in [-0.25, -0.2) is 0 Å². The number of carbonyl (C=O) groups is 3. The molecular formula is C26H33N5O3. The Hall–Kier alpha value is -3.16. The number of aryl methyl sites for hydroxylation is 1. The normalized spacial score (nSPS) is 24.8. The first-order chi connectivity index (χ1) is 16.4. The highest BCUT2D eigenvalue weighted by Crippen LogP contribution is 2.30. The van der Waals surface area contributed by atoms with Gasteiger partial charge in [-0.3, -0.25) is 19.1 Å². The van der Waals surface area contributed by atoms with Gasteiger partial charge in [0.1, 0.15) is 11.2 Å². The lowest BCUT2D eigenvalue weighted by atomic mass is 9.87. The van der Waals surface area contributed by atoms with Gasteiger partial charge in [-0.2, -0.15) is 5.10 Å². The lowest BCUT2D eigenvalue weighted by Gasteiger charge is -2.41. The Morgan fingerprint density at radius 2 is 1.82 bits per heavy atom. The summed E-state index contributed by atoms with van der Waals surface area (Å²) < 4.78 is 1.52. The van der Waals surface area contributed by atoms with E-state index in [1.807, 2.05) is 12.1 Å². The third-order valence-electron chi connectivity index (χ3n) is 7.84. The van der Waals surface area contributed by atoms with Gasteiger partial charge in [-0.15, -0.1) is 0 Å². The van der Waals surface area contributed by atoms with Gasteiger partial charge in [-0.1, -0.05) is 43.5 Å². The first-order valence-electron chi connectivity index (χ1n) is 12.4. The van der Waals surface area contributed by atoms with E-state index >= 15 is 0 Å². The van der Waals surface area contributed by atoms with Gasteiger partial charge in [-0.05, 0) is 50.2 Å². The summed E-state index contributed by atoms with van der Waals surface area (Å²) in [6, 6.07) is 9.81. The molecule has 34 heavy (non-hydrogen) atoms. The molecule has 180 valence electrons. The Morgan fingerprint density at radius 3 is 2.62 bits per heavy atom. The van der Waals surface area contributed by atoms with Crippen molar-refractivity contribution < 1.29 is 14.4 Å². The molecule has 1 fully saturated rings. The number of rotatable bonds is 4. The molecule has 2 aromatic rings. The van der Waals surface area contributed by atoms with Crippen LogP contribution in [-0.4, -0.2) is 51.0 Å². The minimum atomic E-state index is -1.07. The van der Waals surface area contributed by atoms with Crippen LogP contribution in [0.25, 0.3) is 0 Å². The summed E-state index contributed by atoms with van der Waals surface area (Å²) in [7, 11) is 1.65. The zero-order valence-electron chi connectivity index (χ0n) is 20.0. The number of hydrogen-bond donors (Lipinski definition) is 2. The Morgan fingerprint density at radius 1 is 1.06 bits per heavy atom. The first-order valence-corrected chi connectivity index (χ1v) is 12.4. The zero-order chi connectivity index (χ0) is 23.9. The average Bonchev–Trinajstić information content (AvgIpc) is 3.27. The van der Waals surface area contributed by atoms with Crippen LogP contribution in [0.5, 0.6) is 0 Å². The summed E-state index contributed by atoms with van der Waals surface area (Å²) in [5.41, 5.74) is 1.88. The Labute approximate surface area is 200 Å². The number of nitrogens with one attached hydrogen (secondary N) is 2. The van der Waals surface area contributed by atoms with Crippen molar-refractivity contribution in [3.8, 4) is 0 Å². The molecule has 1 aliphatic heterocycles. The Bertz CT molecular complexity index is 1120. The van der Waals surface area contributed by atoms with Gasteiger partial charge in [0.2, 0.25) is 5.91 Å². The van der Waals surface area contributed by atoms with E-state index in [-0.39, 0.29) is 42.0 Å². The summed E-state index contributed by atoms with van der Waals surface area (Å²) >= 11 is 0. The van der Waals surface area contributed by atoms with E-state index in [1.54, 1.807) is 20.0 Å². The van der Waals surface area contributed by atoms with E-state index in [9.17, 15) is 14.4 Å². The van der Waals surface area contributed by atoms with Crippen molar-refractivity contribution in [3.63, 3.8) is 0 Å². The van der Waals surface area contributed by atoms with Crippen LogP contribution in [0, 0.1) is 0 Å². The monoisotopic (exact) mass is 463 g/mol. The van der Waals surface area contributed by atoms with Gasteiger partial charge in [0.25, 0.3) is 11.8 Å². The van der Waals surface area contributed by atoms with Gasteiger partial charge < -0.3 is 15.5 Å². The Balaban J connectivity index is 1.34. The van der Waals surface area contributed by atoms with Crippen molar-refractivity contribution >= 4 is 17.7 Å². The van der Waals surface area contributed by atoms with E-state index in [2.05, 4.69) is 27.9 Å². The molecule has 2 unspecified atom stereocenters. The minimum absolute atomic E-state index is 0.0684. The van der Waals surface area contributed by atoms with Crippen LogP contribution < -0.4 is 10.6 Å². The highest BCUT2D eigenvalue weighted by Gasteiger charge is 2.47. The van der Waals surface area contributed by atoms with Gasteiger partial charge >= 0.3 is 0 Å². The smallest absolute Gasteiger partial charge is 0.272 e. The van der Waals surface area contributed by atoms with Crippen LogP contribution in [0.3, 0.4) is 0 Å². The number of benzene rings is 1. The molecule has 3 amide bonds. The quantitative estimate of drug-likeness (QED) is 0.729. The van der Waals surface area contributed by atoms with E-state index in [4.69, 9.17) is 0 Å². The van der Waals surface area contributed by atoms with E-state index < -0.39 is 5.54 Å². The molecule has 2 N–H and O–H groups in total. The number of amides is 3. The summed E-state index contributed by atoms with van der Waals surface area (Å²) in [5.74, 6) is -0.768. The molecule has 2 aliphatic carbocycles. The average molecular weight is 464 g/mol. The second-order valence-corrected chi connectivity index (χ2v) is 10.1. The largest absolute Gasteiger partial charge is 0.351 e. The molecule has 2 atom stereocenters. The lowest BCUT2D eigenvalue weighted by molar-refractivity contribution is -0.133. The van der Waals surface area contributed by atoms with Crippen molar-refractivity contribution in [1.82, 2.24) is 25.3 Å². The molecule has 3 aliphatic rings. The van der Waals surface area contributed by atoms with Crippen LogP contribution in [0.15, 0.2) is 30.3 Å². The fourth-order valence-electron chi connectivity index (χ4n) is 5.56. The number of likely N-dealkylation sites (N-methyl/N-ethyl adjacent to an activating group) is 1. The predicted molar refractivity (Wildman–Crippen MR) is 127 cm³/mol. The minimum Gasteiger partial charge on any atom is -0.351 e. The third kappa shape index (κ3) is 3.99. The fraction of sp³-hybridized carbons (Fsp3) is 0.538. The predicted octanol–water partition coefficient (Wildman–Crippen LogP) is 2.98. The van der Waals surface area contributed by atoms with Crippen molar-refractivity contribution in [3.05, 3.63) is 52.8 Å².